The fraction of sp³-hybridized carbons (Fsp3) is 0.929. The Morgan fingerprint density at radius 2 is 1.65 bits per heavy atom. The van der Waals surface area contributed by atoms with E-state index in [1.807, 2.05) is 0 Å². The lowest BCUT2D eigenvalue weighted by atomic mass is 10.1. The number of ether oxygens (including phenoxy) is 1. The molecule has 0 fully saturated rings. The highest BCUT2D eigenvalue weighted by molar-refractivity contribution is 9.09. The van der Waals surface area contributed by atoms with Crippen LogP contribution in [0.25, 0.3) is 0 Å². The van der Waals surface area contributed by atoms with Gasteiger partial charge in [0.1, 0.15) is 0 Å². The van der Waals surface area contributed by atoms with Gasteiger partial charge in [0.25, 0.3) is 0 Å². The molecular formula is C14H27BrO2. The normalized spacial score (nSPS) is 10.8. The van der Waals surface area contributed by atoms with Crippen molar-refractivity contribution in [2.75, 3.05) is 11.9 Å². The van der Waals surface area contributed by atoms with Crippen LogP contribution in [0.2, 0.25) is 0 Å². The molecule has 0 atom stereocenters. The summed E-state index contributed by atoms with van der Waals surface area (Å²) in [5.41, 5.74) is 0. The van der Waals surface area contributed by atoms with Gasteiger partial charge in [0, 0.05) is 11.8 Å². The first-order valence-electron chi connectivity index (χ1n) is 6.96. The summed E-state index contributed by atoms with van der Waals surface area (Å²) in [6.45, 7) is 4.90. The second-order valence-electron chi connectivity index (χ2n) is 4.57. The molecule has 0 aliphatic heterocycles. The molecule has 0 saturated heterocycles. The minimum atomic E-state index is -0.0163. The maximum atomic E-state index is 11.4. The van der Waals surface area contributed by atoms with Crippen molar-refractivity contribution in [1.29, 1.82) is 0 Å². The molecule has 0 aliphatic rings. The maximum absolute atomic E-state index is 11.4. The number of hydrogen-bond acceptors (Lipinski definition) is 2. The Labute approximate surface area is 115 Å². The molecule has 0 aromatic rings. The molecule has 0 aromatic carbocycles. The molecule has 0 unspecified atom stereocenters. The van der Waals surface area contributed by atoms with Gasteiger partial charge in [-0.15, -0.1) is 0 Å². The van der Waals surface area contributed by atoms with Gasteiger partial charge >= 0.3 is 5.97 Å². The molecule has 0 aromatic heterocycles. The van der Waals surface area contributed by atoms with Gasteiger partial charge < -0.3 is 4.74 Å². The highest BCUT2D eigenvalue weighted by Gasteiger charge is 2.07. The Kier molecular flexibility index (Phi) is 12.4. The van der Waals surface area contributed by atoms with E-state index in [4.69, 9.17) is 4.74 Å². The molecule has 0 spiro atoms. The van der Waals surface area contributed by atoms with Crippen molar-refractivity contribution in [2.24, 2.45) is 5.92 Å². The summed E-state index contributed by atoms with van der Waals surface area (Å²) in [4.78, 5) is 11.4. The van der Waals surface area contributed by atoms with Crippen LogP contribution in [-0.4, -0.2) is 17.9 Å². The molecule has 0 radical (unpaired) electrons. The SMILES string of the molecule is CCC(CC)COC(=O)CCCCCCCBr. The van der Waals surface area contributed by atoms with E-state index in [0.717, 1.165) is 31.0 Å². The second kappa shape index (κ2) is 12.4. The first-order valence-corrected chi connectivity index (χ1v) is 8.08. The number of hydrogen-bond donors (Lipinski definition) is 0. The van der Waals surface area contributed by atoms with Crippen molar-refractivity contribution >= 4 is 21.9 Å². The summed E-state index contributed by atoms with van der Waals surface area (Å²) in [5, 5.41) is 1.09. The number of halogens is 1. The van der Waals surface area contributed by atoms with Crippen LogP contribution in [-0.2, 0) is 9.53 Å². The molecule has 0 amide bonds. The predicted octanol–water partition coefficient (Wildman–Crippen LogP) is 4.70. The van der Waals surface area contributed by atoms with Gasteiger partial charge in [-0.2, -0.15) is 0 Å². The van der Waals surface area contributed by atoms with Crippen LogP contribution in [0.1, 0.15) is 65.2 Å². The monoisotopic (exact) mass is 306 g/mol. The van der Waals surface area contributed by atoms with Gasteiger partial charge in [0.05, 0.1) is 6.61 Å². The molecule has 0 heterocycles. The fourth-order valence-corrected chi connectivity index (χ4v) is 2.10. The van der Waals surface area contributed by atoms with Gasteiger partial charge in [0.15, 0.2) is 0 Å². The van der Waals surface area contributed by atoms with Gasteiger partial charge in [-0.3, -0.25) is 4.79 Å². The van der Waals surface area contributed by atoms with Gasteiger partial charge in [0.2, 0.25) is 0 Å². The molecular weight excluding hydrogens is 280 g/mol. The first-order chi connectivity index (χ1) is 8.24. The zero-order valence-corrected chi connectivity index (χ0v) is 12.9. The second-order valence-corrected chi connectivity index (χ2v) is 5.37. The van der Waals surface area contributed by atoms with Crippen molar-refractivity contribution in [1.82, 2.24) is 0 Å². The Balaban J connectivity index is 3.34. The van der Waals surface area contributed by atoms with E-state index < -0.39 is 0 Å². The third-order valence-corrected chi connectivity index (χ3v) is 3.71. The lowest BCUT2D eigenvalue weighted by Crippen LogP contribution is -2.12. The Hall–Kier alpha value is -0.0500. The molecule has 0 rings (SSSR count). The van der Waals surface area contributed by atoms with Crippen molar-refractivity contribution in [3.8, 4) is 0 Å². The number of carbonyl (C=O) groups is 1. The summed E-state index contributed by atoms with van der Waals surface area (Å²) in [6.07, 6.45) is 8.62. The average Bonchev–Trinajstić information content (AvgIpc) is 2.35. The molecule has 0 aliphatic carbocycles. The largest absolute Gasteiger partial charge is 0.465 e. The summed E-state index contributed by atoms with van der Waals surface area (Å²) >= 11 is 3.42. The van der Waals surface area contributed by atoms with Crippen LogP contribution in [0.5, 0.6) is 0 Å². The Morgan fingerprint density at radius 3 is 2.24 bits per heavy atom. The van der Waals surface area contributed by atoms with Crippen molar-refractivity contribution in [3.05, 3.63) is 0 Å². The van der Waals surface area contributed by atoms with E-state index in [1.54, 1.807) is 0 Å². The quantitative estimate of drug-likeness (QED) is 0.314. The number of rotatable bonds is 11. The zero-order valence-electron chi connectivity index (χ0n) is 11.3. The van der Waals surface area contributed by atoms with E-state index in [1.165, 1.54) is 19.3 Å². The van der Waals surface area contributed by atoms with Crippen molar-refractivity contribution in [3.63, 3.8) is 0 Å². The molecule has 0 N–H and O–H groups in total. The number of unbranched alkanes of at least 4 members (excludes halogenated alkanes) is 4. The van der Waals surface area contributed by atoms with E-state index >= 15 is 0 Å². The fourth-order valence-electron chi connectivity index (χ4n) is 1.70. The van der Waals surface area contributed by atoms with E-state index in [9.17, 15) is 4.79 Å². The van der Waals surface area contributed by atoms with Crippen LogP contribution in [0, 0.1) is 5.92 Å². The van der Waals surface area contributed by atoms with E-state index in [-0.39, 0.29) is 5.97 Å². The van der Waals surface area contributed by atoms with Crippen molar-refractivity contribution in [2.45, 2.75) is 65.2 Å². The van der Waals surface area contributed by atoms with Crippen LogP contribution < -0.4 is 0 Å². The minimum Gasteiger partial charge on any atom is -0.465 e. The molecule has 2 nitrogen and oxygen atoms in total. The van der Waals surface area contributed by atoms with E-state index in [2.05, 4.69) is 29.8 Å². The molecule has 102 valence electrons. The molecule has 3 heteroatoms. The average molecular weight is 307 g/mol. The molecule has 17 heavy (non-hydrogen) atoms. The van der Waals surface area contributed by atoms with Gasteiger partial charge in [-0.25, -0.2) is 0 Å². The van der Waals surface area contributed by atoms with Crippen LogP contribution in [0.3, 0.4) is 0 Å². The highest BCUT2D eigenvalue weighted by Crippen LogP contribution is 2.10. The van der Waals surface area contributed by atoms with Gasteiger partial charge in [-0.1, -0.05) is 61.9 Å². The van der Waals surface area contributed by atoms with Gasteiger partial charge in [-0.05, 0) is 18.8 Å². The molecule has 0 bridgehead atoms. The Bertz CT molecular complexity index is 179. The number of esters is 1. The van der Waals surface area contributed by atoms with Crippen LogP contribution >= 0.6 is 15.9 Å². The highest BCUT2D eigenvalue weighted by atomic mass is 79.9. The molecule has 0 saturated carbocycles. The number of carbonyl (C=O) groups excluding carboxylic acids is 1. The lowest BCUT2D eigenvalue weighted by molar-refractivity contribution is -0.145. The summed E-state index contributed by atoms with van der Waals surface area (Å²) in [5.74, 6) is 0.523. The Morgan fingerprint density at radius 1 is 1.06 bits per heavy atom. The third-order valence-electron chi connectivity index (χ3n) is 3.15. The smallest absolute Gasteiger partial charge is 0.305 e. The zero-order chi connectivity index (χ0) is 12.9. The first kappa shape index (κ1) is 16.9. The standard InChI is InChI=1S/C14H27BrO2/c1-3-13(4-2)12-17-14(16)10-8-6-5-7-9-11-15/h13H,3-12H2,1-2H3. The van der Waals surface area contributed by atoms with E-state index in [0.29, 0.717) is 18.9 Å². The van der Waals surface area contributed by atoms with Crippen molar-refractivity contribution < 1.29 is 9.53 Å². The van der Waals surface area contributed by atoms with Crippen LogP contribution in [0.4, 0.5) is 0 Å². The summed E-state index contributed by atoms with van der Waals surface area (Å²) in [7, 11) is 0. The maximum Gasteiger partial charge on any atom is 0.305 e. The lowest BCUT2D eigenvalue weighted by Gasteiger charge is -2.12. The van der Waals surface area contributed by atoms with Crippen LogP contribution in [0.15, 0.2) is 0 Å². The topological polar surface area (TPSA) is 26.3 Å². The predicted molar refractivity (Wildman–Crippen MR) is 76.5 cm³/mol. The summed E-state index contributed by atoms with van der Waals surface area (Å²) < 4.78 is 5.27. The minimum absolute atomic E-state index is 0.0163. The number of alkyl halides is 1. The summed E-state index contributed by atoms with van der Waals surface area (Å²) in [6, 6.07) is 0. The third kappa shape index (κ3) is 10.8.